The van der Waals surface area contributed by atoms with E-state index in [1.54, 1.807) is 6.08 Å². The van der Waals surface area contributed by atoms with Gasteiger partial charge in [0.05, 0.1) is 0 Å². The molecule has 0 spiro atoms. The SMILES string of the molecule is C#CCCC(=O)/C=C/C1CCC2Oc3ccccc3C12. The van der Waals surface area contributed by atoms with Crippen molar-refractivity contribution in [2.75, 3.05) is 0 Å². The van der Waals surface area contributed by atoms with Crippen LogP contribution in [0.5, 0.6) is 5.75 Å². The number of rotatable bonds is 4. The molecule has 0 bridgehead atoms. The number of para-hydroxylation sites is 1. The van der Waals surface area contributed by atoms with Crippen LogP contribution in [0.4, 0.5) is 0 Å². The Morgan fingerprint density at radius 3 is 3.10 bits per heavy atom. The van der Waals surface area contributed by atoms with E-state index in [0.29, 0.717) is 24.7 Å². The summed E-state index contributed by atoms with van der Waals surface area (Å²) in [5, 5.41) is 0. The lowest BCUT2D eigenvalue weighted by Crippen LogP contribution is -2.14. The summed E-state index contributed by atoms with van der Waals surface area (Å²) in [6.07, 6.45) is 12.3. The Morgan fingerprint density at radius 2 is 2.25 bits per heavy atom. The average molecular weight is 266 g/mol. The summed E-state index contributed by atoms with van der Waals surface area (Å²) in [6.45, 7) is 0. The Balaban J connectivity index is 1.72. The van der Waals surface area contributed by atoms with Crippen LogP contribution in [0.15, 0.2) is 36.4 Å². The van der Waals surface area contributed by atoms with Gasteiger partial charge in [0.15, 0.2) is 5.78 Å². The van der Waals surface area contributed by atoms with E-state index in [0.717, 1.165) is 18.6 Å². The first kappa shape index (κ1) is 13.0. The van der Waals surface area contributed by atoms with Gasteiger partial charge < -0.3 is 4.74 Å². The van der Waals surface area contributed by atoms with Crippen LogP contribution in [0.25, 0.3) is 0 Å². The molecule has 1 aromatic carbocycles. The average Bonchev–Trinajstić information content (AvgIpc) is 3.02. The zero-order valence-corrected chi connectivity index (χ0v) is 11.4. The largest absolute Gasteiger partial charge is 0.489 e. The zero-order valence-electron chi connectivity index (χ0n) is 11.4. The van der Waals surface area contributed by atoms with Crippen LogP contribution in [0.1, 0.15) is 37.2 Å². The van der Waals surface area contributed by atoms with Crippen molar-refractivity contribution in [1.29, 1.82) is 0 Å². The predicted octanol–water partition coefficient (Wildman–Crippen LogP) is 3.48. The first-order valence-electron chi connectivity index (χ1n) is 7.19. The highest BCUT2D eigenvalue weighted by molar-refractivity contribution is 5.89. The topological polar surface area (TPSA) is 26.3 Å². The van der Waals surface area contributed by atoms with Gasteiger partial charge in [-0.25, -0.2) is 0 Å². The number of hydrogen-bond acceptors (Lipinski definition) is 2. The second kappa shape index (κ2) is 5.54. The van der Waals surface area contributed by atoms with Gasteiger partial charge in [0.1, 0.15) is 11.9 Å². The Hall–Kier alpha value is -2.01. The number of carbonyl (C=O) groups excluding carboxylic acids is 1. The van der Waals surface area contributed by atoms with Crippen molar-refractivity contribution in [2.45, 2.75) is 37.7 Å². The number of terminal acetylenes is 1. The van der Waals surface area contributed by atoms with Gasteiger partial charge in [-0.3, -0.25) is 4.79 Å². The van der Waals surface area contributed by atoms with Crippen LogP contribution < -0.4 is 4.74 Å². The molecule has 3 atom stereocenters. The molecule has 1 aromatic rings. The quantitative estimate of drug-likeness (QED) is 0.616. The number of hydrogen-bond donors (Lipinski definition) is 0. The van der Waals surface area contributed by atoms with Gasteiger partial charge in [-0.15, -0.1) is 12.3 Å². The summed E-state index contributed by atoms with van der Waals surface area (Å²) < 4.78 is 5.99. The van der Waals surface area contributed by atoms with Crippen molar-refractivity contribution in [3.63, 3.8) is 0 Å². The molecule has 0 radical (unpaired) electrons. The van der Waals surface area contributed by atoms with Gasteiger partial charge in [-0.2, -0.15) is 0 Å². The number of fused-ring (bicyclic) bond motifs is 3. The van der Waals surface area contributed by atoms with Crippen molar-refractivity contribution in [1.82, 2.24) is 0 Å². The van der Waals surface area contributed by atoms with E-state index in [4.69, 9.17) is 11.2 Å². The van der Waals surface area contributed by atoms with Gasteiger partial charge in [0.2, 0.25) is 0 Å². The van der Waals surface area contributed by atoms with E-state index in [1.165, 1.54) is 5.56 Å². The zero-order chi connectivity index (χ0) is 13.9. The third-order valence-electron chi connectivity index (χ3n) is 4.25. The Labute approximate surface area is 119 Å². The molecule has 1 aliphatic carbocycles. The summed E-state index contributed by atoms with van der Waals surface area (Å²) in [7, 11) is 0. The Morgan fingerprint density at radius 1 is 1.40 bits per heavy atom. The summed E-state index contributed by atoms with van der Waals surface area (Å²) in [5.41, 5.74) is 1.29. The molecule has 1 heterocycles. The fourth-order valence-corrected chi connectivity index (χ4v) is 3.31. The van der Waals surface area contributed by atoms with Crippen molar-refractivity contribution < 1.29 is 9.53 Å². The van der Waals surface area contributed by atoms with E-state index < -0.39 is 0 Å². The Bertz CT molecular complexity index is 579. The molecular weight excluding hydrogens is 248 g/mol. The second-order valence-electron chi connectivity index (χ2n) is 5.49. The minimum absolute atomic E-state index is 0.124. The van der Waals surface area contributed by atoms with Crippen molar-refractivity contribution in [2.24, 2.45) is 5.92 Å². The van der Waals surface area contributed by atoms with Crippen LogP contribution in [-0.2, 0) is 4.79 Å². The number of allylic oxidation sites excluding steroid dienone is 2. The molecular formula is C18H18O2. The molecule has 20 heavy (non-hydrogen) atoms. The molecule has 1 aliphatic heterocycles. The minimum atomic E-state index is 0.124. The first-order valence-corrected chi connectivity index (χ1v) is 7.19. The highest BCUT2D eigenvalue weighted by Gasteiger charge is 2.43. The molecule has 0 saturated heterocycles. The Kier molecular flexibility index (Phi) is 3.60. The van der Waals surface area contributed by atoms with Crippen LogP contribution in [0, 0.1) is 18.3 Å². The lowest BCUT2D eigenvalue weighted by Gasteiger charge is -2.13. The van der Waals surface area contributed by atoms with Gasteiger partial charge in [-0.05, 0) is 30.9 Å². The first-order chi connectivity index (χ1) is 9.79. The van der Waals surface area contributed by atoms with E-state index in [9.17, 15) is 4.79 Å². The molecule has 0 N–H and O–H groups in total. The van der Waals surface area contributed by atoms with Gasteiger partial charge in [0.25, 0.3) is 0 Å². The molecule has 0 amide bonds. The van der Waals surface area contributed by atoms with Crippen LogP contribution >= 0.6 is 0 Å². The number of ether oxygens (including phenoxy) is 1. The predicted molar refractivity (Wildman–Crippen MR) is 78.5 cm³/mol. The highest BCUT2D eigenvalue weighted by Crippen LogP contribution is 2.50. The van der Waals surface area contributed by atoms with Crippen molar-refractivity contribution in [3.05, 3.63) is 42.0 Å². The van der Waals surface area contributed by atoms with E-state index in [2.05, 4.69) is 24.1 Å². The summed E-state index contributed by atoms with van der Waals surface area (Å²) in [5.74, 6) is 4.45. The van der Waals surface area contributed by atoms with E-state index >= 15 is 0 Å². The fraction of sp³-hybridized carbons (Fsp3) is 0.389. The number of ketones is 1. The monoisotopic (exact) mass is 266 g/mol. The molecule has 2 heteroatoms. The van der Waals surface area contributed by atoms with Crippen LogP contribution in [0.3, 0.4) is 0 Å². The van der Waals surface area contributed by atoms with Gasteiger partial charge in [-0.1, -0.05) is 24.3 Å². The summed E-state index contributed by atoms with van der Waals surface area (Å²) >= 11 is 0. The molecule has 2 nitrogen and oxygen atoms in total. The van der Waals surface area contributed by atoms with Crippen LogP contribution in [0.2, 0.25) is 0 Å². The summed E-state index contributed by atoms with van der Waals surface area (Å²) in [4.78, 5) is 11.7. The molecule has 3 unspecified atom stereocenters. The molecule has 2 aliphatic rings. The minimum Gasteiger partial charge on any atom is -0.489 e. The smallest absolute Gasteiger partial charge is 0.156 e. The fourth-order valence-electron chi connectivity index (χ4n) is 3.31. The van der Waals surface area contributed by atoms with Crippen molar-refractivity contribution in [3.8, 4) is 18.1 Å². The highest BCUT2D eigenvalue weighted by atomic mass is 16.5. The maximum Gasteiger partial charge on any atom is 0.156 e. The van der Waals surface area contributed by atoms with E-state index in [-0.39, 0.29) is 11.9 Å². The third-order valence-corrected chi connectivity index (χ3v) is 4.25. The summed E-state index contributed by atoms with van der Waals surface area (Å²) in [6, 6.07) is 8.24. The van der Waals surface area contributed by atoms with Gasteiger partial charge >= 0.3 is 0 Å². The lowest BCUT2D eigenvalue weighted by molar-refractivity contribution is -0.114. The number of carbonyl (C=O) groups is 1. The van der Waals surface area contributed by atoms with Gasteiger partial charge in [0, 0.05) is 24.3 Å². The molecule has 0 aromatic heterocycles. The molecule has 102 valence electrons. The maximum absolute atomic E-state index is 11.7. The molecule has 1 saturated carbocycles. The second-order valence-corrected chi connectivity index (χ2v) is 5.49. The third kappa shape index (κ3) is 2.36. The van der Waals surface area contributed by atoms with E-state index in [1.807, 2.05) is 12.1 Å². The molecule has 3 rings (SSSR count). The normalized spacial score (nSPS) is 26.9. The van der Waals surface area contributed by atoms with Crippen LogP contribution in [-0.4, -0.2) is 11.9 Å². The molecule has 1 fully saturated rings. The standard InChI is InChI=1S/C18H18O2/c1-2-3-6-14(19)11-9-13-10-12-17-18(13)15-7-4-5-8-16(15)20-17/h1,4-5,7-9,11,13,17-18H,3,6,10,12H2/b11-9+. The lowest BCUT2D eigenvalue weighted by atomic mass is 9.88. The maximum atomic E-state index is 11.7. The number of benzene rings is 1. The van der Waals surface area contributed by atoms with Crippen molar-refractivity contribution >= 4 is 5.78 Å².